The number of aromatic nitrogens is 5. The second kappa shape index (κ2) is 7.43. The third-order valence-corrected chi connectivity index (χ3v) is 4.27. The van der Waals surface area contributed by atoms with Gasteiger partial charge >= 0.3 is 6.03 Å². The van der Waals surface area contributed by atoms with E-state index in [1.165, 1.54) is 0 Å². The molecule has 0 fully saturated rings. The Balaban J connectivity index is 1.54. The number of nitrogens with one attached hydrogen (secondary N) is 2. The minimum absolute atomic E-state index is 0.200. The molecule has 0 saturated heterocycles. The van der Waals surface area contributed by atoms with E-state index < -0.39 is 6.03 Å². The van der Waals surface area contributed by atoms with Crippen LogP contribution >= 0.6 is 0 Å². The van der Waals surface area contributed by atoms with E-state index in [0.29, 0.717) is 23.0 Å². The highest BCUT2D eigenvalue weighted by Crippen LogP contribution is 2.22. The van der Waals surface area contributed by atoms with Crippen molar-refractivity contribution in [3.8, 4) is 11.5 Å². The topological polar surface area (TPSA) is 97.6 Å². The molecule has 8 nitrogen and oxygen atoms in total. The van der Waals surface area contributed by atoms with E-state index in [2.05, 4.69) is 30.8 Å². The summed E-state index contributed by atoms with van der Waals surface area (Å²) >= 11 is 0. The molecule has 0 radical (unpaired) electrons. The van der Waals surface area contributed by atoms with E-state index in [9.17, 15) is 4.79 Å². The lowest BCUT2D eigenvalue weighted by molar-refractivity contribution is 0.262. The summed E-state index contributed by atoms with van der Waals surface area (Å²) in [5.41, 5.74) is 1.27. The summed E-state index contributed by atoms with van der Waals surface area (Å²) in [5.74, 6) is 1.07. The second-order valence-electron chi connectivity index (χ2n) is 6.55. The van der Waals surface area contributed by atoms with Crippen LogP contribution in [-0.4, -0.2) is 30.8 Å². The van der Waals surface area contributed by atoms with E-state index in [0.717, 1.165) is 10.8 Å². The summed E-state index contributed by atoms with van der Waals surface area (Å²) in [6.45, 7) is 4.08. The van der Waals surface area contributed by atoms with Gasteiger partial charge < -0.3 is 9.88 Å². The van der Waals surface area contributed by atoms with Crippen LogP contribution in [0.5, 0.6) is 0 Å². The van der Waals surface area contributed by atoms with Crippen LogP contribution in [-0.2, 0) is 0 Å². The maximum atomic E-state index is 12.5. The summed E-state index contributed by atoms with van der Waals surface area (Å²) in [5, 5.41) is 15.6. The van der Waals surface area contributed by atoms with Gasteiger partial charge in [-0.2, -0.15) is 0 Å². The van der Waals surface area contributed by atoms with Crippen LogP contribution < -0.4 is 10.6 Å². The summed E-state index contributed by atoms with van der Waals surface area (Å²) < 4.78 is 1.92. The minimum Gasteiger partial charge on any atom is -0.310 e. The highest BCUT2D eigenvalue weighted by Gasteiger charge is 2.13. The molecule has 1 aromatic carbocycles. The first-order valence-corrected chi connectivity index (χ1v) is 8.89. The number of rotatable bonds is 4. The molecule has 3 heterocycles. The average molecular weight is 373 g/mol. The molecule has 0 spiro atoms. The second-order valence-corrected chi connectivity index (χ2v) is 6.55. The molecule has 0 saturated carbocycles. The Kier molecular flexibility index (Phi) is 4.67. The Morgan fingerprint density at radius 3 is 2.75 bits per heavy atom. The van der Waals surface area contributed by atoms with Gasteiger partial charge in [0.2, 0.25) is 0 Å². The van der Waals surface area contributed by atoms with Gasteiger partial charge in [0.15, 0.2) is 5.82 Å². The first-order chi connectivity index (χ1) is 13.6. The molecule has 4 aromatic rings. The van der Waals surface area contributed by atoms with E-state index in [1.54, 1.807) is 24.8 Å². The van der Waals surface area contributed by atoms with E-state index in [1.807, 2.05) is 54.8 Å². The van der Waals surface area contributed by atoms with Crippen LogP contribution in [0, 0.1) is 0 Å². The van der Waals surface area contributed by atoms with Gasteiger partial charge in [0, 0.05) is 23.0 Å². The normalized spacial score (nSPS) is 11.0. The zero-order chi connectivity index (χ0) is 19.5. The van der Waals surface area contributed by atoms with Crippen LogP contribution in [0.3, 0.4) is 0 Å². The number of hydrogen-bond acceptors (Lipinski definition) is 5. The van der Waals surface area contributed by atoms with E-state index in [-0.39, 0.29) is 6.04 Å². The Bertz CT molecular complexity index is 1130. The smallest absolute Gasteiger partial charge is 0.310 e. The molecule has 0 aliphatic rings. The van der Waals surface area contributed by atoms with Crippen molar-refractivity contribution in [2.24, 2.45) is 0 Å². The van der Waals surface area contributed by atoms with Gasteiger partial charge in [0.05, 0.1) is 11.9 Å². The highest BCUT2D eigenvalue weighted by atomic mass is 16.2. The maximum absolute atomic E-state index is 12.5. The van der Waals surface area contributed by atoms with Gasteiger partial charge in [0.1, 0.15) is 17.8 Å². The van der Waals surface area contributed by atoms with Crippen molar-refractivity contribution < 1.29 is 4.79 Å². The molecule has 2 N–H and O–H groups in total. The number of anilines is 2. The maximum Gasteiger partial charge on any atom is 0.324 e. The Morgan fingerprint density at radius 2 is 1.89 bits per heavy atom. The lowest BCUT2D eigenvalue weighted by Gasteiger charge is -2.11. The third kappa shape index (κ3) is 3.52. The SMILES string of the molecule is CC(C)n1cnnc1-c1cccc(NC(=O)Nc2cncc3ccccc23)n1. The third-order valence-electron chi connectivity index (χ3n) is 4.27. The first kappa shape index (κ1) is 17.6. The predicted octanol–water partition coefficient (Wildman–Crippen LogP) is 4.11. The van der Waals surface area contributed by atoms with Crippen LogP contribution in [0.15, 0.2) is 61.2 Å². The number of benzene rings is 1. The van der Waals surface area contributed by atoms with Crippen LogP contribution in [0.1, 0.15) is 19.9 Å². The first-order valence-electron chi connectivity index (χ1n) is 8.89. The molecular weight excluding hydrogens is 354 g/mol. The quantitative estimate of drug-likeness (QED) is 0.561. The fourth-order valence-corrected chi connectivity index (χ4v) is 2.92. The van der Waals surface area contributed by atoms with E-state index >= 15 is 0 Å². The molecule has 0 atom stereocenters. The fraction of sp³-hybridized carbons (Fsp3) is 0.150. The van der Waals surface area contributed by atoms with Gasteiger partial charge in [-0.05, 0) is 26.0 Å². The lowest BCUT2D eigenvalue weighted by Crippen LogP contribution is -2.20. The number of amides is 2. The van der Waals surface area contributed by atoms with Crippen molar-refractivity contribution in [1.29, 1.82) is 0 Å². The molecule has 4 rings (SSSR count). The average Bonchev–Trinajstić information content (AvgIpc) is 3.19. The number of carbonyl (C=O) groups excluding carboxylic acids is 1. The minimum atomic E-state index is -0.395. The van der Waals surface area contributed by atoms with Gasteiger partial charge in [-0.1, -0.05) is 30.3 Å². The zero-order valence-electron chi connectivity index (χ0n) is 15.5. The number of carbonyl (C=O) groups is 1. The molecule has 140 valence electrons. The molecule has 2 amide bonds. The largest absolute Gasteiger partial charge is 0.324 e. The molecule has 8 heteroatoms. The number of nitrogens with zero attached hydrogens (tertiary/aromatic N) is 5. The van der Waals surface area contributed by atoms with Crippen LogP contribution in [0.2, 0.25) is 0 Å². The van der Waals surface area contributed by atoms with Crippen LogP contribution in [0.4, 0.5) is 16.3 Å². The molecule has 0 unspecified atom stereocenters. The van der Waals surface area contributed by atoms with Crippen LogP contribution in [0.25, 0.3) is 22.3 Å². The van der Waals surface area contributed by atoms with Crippen molar-refractivity contribution in [2.75, 3.05) is 10.6 Å². The summed E-state index contributed by atoms with van der Waals surface area (Å²) in [4.78, 5) is 21.1. The molecule has 0 aliphatic carbocycles. The fourth-order valence-electron chi connectivity index (χ4n) is 2.92. The zero-order valence-corrected chi connectivity index (χ0v) is 15.5. The summed E-state index contributed by atoms with van der Waals surface area (Å²) in [6, 6.07) is 12.9. The Labute approximate surface area is 161 Å². The Hall–Kier alpha value is -3.81. The van der Waals surface area contributed by atoms with Crippen molar-refractivity contribution in [2.45, 2.75) is 19.9 Å². The van der Waals surface area contributed by atoms with Gasteiger partial charge in [-0.25, -0.2) is 9.78 Å². The lowest BCUT2D eigenvalue weighted by atomic mass is 10.1. The van der Waals surface area contributed by atoms with Gasteiger partial charge in [-0.15, -0.1) is 10.2 Å². The Morgan fingerprint density at radius 1 is 1.04 bits per heavy atom. The summed E-state index contributed by atoms with van der Waals surface area (Å²) in [7, 11) is 0. The number of pyridine rings is 2. The monoisotopic (exact) mass is 373 g/mol. The summed E-state index contributed by atoms with van der Waals surface area (Å²) in [6.07, 6.45) is 5.05. The molecular formula is C20H19N7O. The molecule has 0 bridgehead atoms. The highest BCUT2D eigenvalue weighted by molar-refractivity contribution is 6.05. The van der Waals surface area contributed by atoms with Crippen molar-refractivity contribution in [1.82, 2.24) is 24.7 Å². The molecule has 28 heavy (non-hydrogen) atoms. The molecule has 3 aromatic heterocycles. The number of fused-ring (bicyclic) bond motifs is 1. The number of urea groups is 1. The van der Waals surface area contributed by atoms with E-state index in [4.69, 9.17) is 0 Å². The van der Waals surface area contributed by atoms with Crippen molar-refractivity contribution in [3.63, 3.8) is 0 Å². The molecule has 0 aliphatic heterocycles. The number of hydrogen-bond donors (Lipinski definition) is 2. The van der Waals surface area contributed by atoms with Gasteiger partial charge in [0.25, 0.3) is 0 Å². The van der Waals surface area contributed by atoms with Gasteiger partial charge in [-0.3, -0.25) is 10.3 Å². The van der Waals surface area contributed by atoms with Crippen molar-refractivity contribution in [3.05, 3.63) is 61.2 Å². The van der Waals surface area contributed by atoms with Crippen molar-refractivity contribution >= 4 is 28.3 Å². The predicted molar refractivity (Wildman–Crippen MR) is 108 cm³/mol. The standard InChI is InChI=1S/C20H19N7O/c1-13(2)27-12-22-26-19(27)16-8-5-9-18(23-16)25-20(28)24-17-11-21-10-14-6-3-4-7-15(14)17/h3-13H,1-2H3,(H2,23,24,25,28).